The summed E-state index contributed by atoms with van der Waals surface area (Å²) < 4.78 is 1.97. The maximum Gasteiger partial charge on any atom is 0.191 e. The Kier molecular flexibility index (Phi) is 8.14. The molecule has 2 N–H and O–H groups in total. The summed E-state index contributed by atoms with van der Waals surface area (Å²) in [5.41, 5.74) is 3.71. The third-order valence-corrected chi connectivity index (χ3v) is 5.72. The van der Waals surface area contributed by atoms with Gasteiger partial charge in [0.15, 0.2) is 5.96 Å². The van der Waals surface area contributed by atoms with Crippen molar-refractivity contribution in [2.24, 2.45) is 18.0 Å². The van der Waals surface area contributed by atoms with Gasteiger partial charge in [-0.15, -0.1) is 0 Å². The summed E-state index contributed by atoms with van der Waals surface area (Å²) in [5, 5.41) is 11.5. The predicted molar refractivity (Wildman–Crippen MR) is 114 cm³/mol. The number of aliphatic imine (C=N–C) groups is 1. The smallest absolute Gasteiger partial charge is 0.191 e. The second-order valence-electron chi connectivity index (χ2n) is 8.33. The van der Waals surface area contributed by atoms with Crippen LogP contribution in [0.2, 0.25) is 0 Å². The van der Waals surface area contributed by atoms with Crippen LogP contribution >= 0.6 is 0 Å². The van der Waals surface area contributed by atoms with Gasteiger partial charge in [-0.05, 0) is 71.9 Å². The number of rotatable bonds is 7. The standard InChI is InChI=1S/C21H40N6/c1-8-22-21(23-13-17(4)27-11-9-10-15(2)14-27)24-16(3)12-20-18(5)25-26(7)19(20)6/h15-17H,8-14H2,1-7H3,(H2,22,23,24). The molecule has 2 heterocycles. The minimum absolute atomic E-state index is 0.301. The van der Waals surface area contributed by atoms with E-state index in [4.69, 9.17) is 4.99 Å². The number of hydrogen-bond acceptors (Lipinski definition) is 3. The van der Waals surface area contributed by atoms with E-state index < -0.39 is 0 Å². The van der Waals surface area contributed by atoms with Gasteiger partial charge in [-0.3, -0.25) is 14.6 Å². The summed E-state index contributed by atoms with van der Waals surface area (Å²) >= 11 is 0. The number of aromatic nitrogens is 2. The van der Waals surface area contributed by atoms with Gasteiger partial charge in [0.25, 0.3) is 0 Å². The number of piperidine rings is 1. The Bertz CT molecular complexity index is 620. The minimum atomic E-state index is 0.301. The first kappa shape index (κ1) is 21.7. The van der Waals surface area contributed by atoms with E-state index in [9.17, 15) is 0 Å². The number of aryl methyl sites for hydroxylation is 2. The predicted octanol–water partition coefficient (Wildman–Crippen LogP) is 2.64. The van der Waals surface area contributed by atoms with Gasteiger partial charge < -0.3 is 10.6 Å². The van der Waals surface area contributed by atoms with Crippen molar-refractivity contribution in [2.45, 2.75) is 72.9 Å². The normalized spacial score (nSPS) is 21.1. The SMILES string of the molecule is CCNC(=NCC(C)N1CCCC(C)C1)NC(C)Cc1c(C)nn(C)c1C. The largest absolute Gasteiger partial charge is 0.357 e. The molecule has 0 spiro atoms. The lowest BCUT2D eigenvalue weighted by molar-refractivity contribution is 0.142. The molecule has 27 heavy (non-hydrogen) atoms. The molecule has 1 aliphatic rings. The van der Waals surface area contributed by atoms with Crippen LogP contribution in [0.1, 0.15) is 57.5 Å². The highest BCUT2D eigenvalue weighted by Gasteiger charge is 2.21. The van der Waals surface area contributed by atoms with E-state index in [2.05, 4.69) is 62.2 Å². The van der Waals surface area contributed by atoms with Crippen LogP contribution in [0, 0.1) is 19.8 Å². The van der Waals surface area contributed by atoms with Gasteiger partial charge in [-0.2, -0.15) is 5.10 Å². The van der Waals surface area contributed by atoms with Crippen molar-refractivity contribution in [3.63, 3.8) is 0 Å². The van der Waals surface area contributed by atoms with E-state index in [0.717, 1.165) is 37.1 Å². The molecule has 0 aliphatic carbocycles. The molecule has 3 unspecified atom stereocenters. The summed E-state index contributed by atoms with van der Waals surface area (Å²) in [6.07, 6.45) is 3.63. The van der Waals surface area contributed by atoms with Gasteiger partial charge >= 0.3 is 0 Å². The number of guanidine groups is 1. The molecule has 1 aromatic rings. The first-order chi connectivity index (χ1) is 12.8. The number of hydrogen-bond donors (Lipinski definition) is 2. The highest BCUT2D eigenvalue weighted by atomic mass is 15.3. The monoisotopic (exact) mass is 376 g/mol. The Hall–Kier alpha value is -1.56. The molecule has 0 bridgehead atoms. The Balaban J connectivity index is 1.93. The zero-order valence-corrected chi connectivity index (χ0v) is 18.5. The van der Waals surface area contributed by atoms with E-state index in [1.807, 2.05) is 11.7 Å². The van der Waals surface area contributed by atoms with Crippen LogP contribution in [0.25, 0.3) is 0 Å². The molecule has 3 atom stereocenters. The quantitative estimate of drug-likeness (QED) is 0.567. The zero-order chi connectivity index (χ0) is 20.0. The zero-order valence-electron chi connectivity index (χ0n) is 18.5. The van der Waals surface area contributed by atoms with E-state index in [0.29, 0.717) is 12.1 Å². The van der Waals surface area contributed by atoms with E-state index in [1.165, 1.54) is 37.2 Å². The van der Waals surface area contributed by atoms with Crippen molar-refractivity contribution in [2.75, 3.05) is 26.2 Å². The number of nitrogens with one attached hydrogen (secondary N) is 2. The van der Waals surface area contributed by atoms with Crippen molar-refractivity contribution in [3.05, 3.63) is 17.0 Å². The Morgan fingerprint density at radius 3 is 2.67 bits per heavy atom. The first-order valence-corrected chi connectivity index (χ1v) is 10.6. The topological polar surface area (TPSA) is 57.5 Å². The molecular weight excluding hydrogens is 336 g/mol. The third-order valence-electron chi connectivity index (χ3n) is 5.72. The maximum absolute atomic E-state index is 4.88. The lowest BCUT2D eigenvalue weighted by atomic mass is 9.99. The highest BCUT2D eigenvalue weighted by Crippen LogP contribution is 2.18. The molecule has 6 nitrogen and oxygen atoms in total. The lowest BCUT2D eigenvalue weighted by Gasteiger charge is -2.35. The van der Waals surface area contributed by atoms with Gasteiger partial charge in [0, 0.05) is 37.9 Å². The summed E-state index contributed by atoms with van der Waals surface area (Å²) in [7, 11) is 2.01. The van der Waals surface area contributed by atoms with Gasteiger partial charge in [0.2, 0.25) is 0 Å². The molecule has 1 fully saturated rings. The van der Waals surface area contributed by atoms with Crippen molar-refractivity contribution < 1.29 is 0 Å². The van der Waals surface area contributed by atoms with Crippen LogP contribution in [0.4, 0.5) is 0 Å². The van der Waals surface area contributed by atoms with Crippen LogP contribution in [-0.4, -0.2) is 58.9 Å². The summed E-state index contributed by atoms with van der Waals surface area (Å²) in [5.74, 6) is 1.73. The highest BCUT2D eigenvalue weighted by molar-refractivity contribution is 5.80. The Morgan fingerprint density at radius 2 is 2.07 bits per heavy atom. The summed E-state index contributed by atoms with van der Waals surface area (Å²) in [4.78, 5) is 7.47. The van der Waals surface area contributed by atoms with E-state index in [-0.39, 0.29) is 0 Å². The molecule has 2 rings (SSSR count). The fourth-order valence-corrected chi connectivity index (χ4v) is 3.99. The lowest BCUT2D eigenvalue weighted by Crippen LogP contribution is -2.45. The molecule has 0 saturated carbocycles. The molecular formula is C21H40N6. The van der Waals surface area contributed by atoms with Crippen LogP contribution in [0.3, 0.4) is 0 Å². The Labute approximate surface area is 165 Å². The first-order valence-electron chi connectivity index (χ1n) is 10.6. The number of likely N-dealkylation sites (tertiary alicyclic amines) is 1. The molecule has 1 aromatic heterocycles. The second kappa shape index (κ2) is 10.1. The van der Waals surface area contributed by atoms with Crippen LogP contribution in [0.5, 0.6) is 0 Å². The summed E-state index contributed by atoms with van der Waals surface area (Å²) in [6, 6.07) is 0.788. The van der Waals surface area contributed by atoms with Crippen molar-refractivity contribution >= 4 is 5.96 Å². The number of nitrogens with zero attached hydrogens (tertiary/aromatic N) is 4. The molecule has 154 valence electrons. The molecule has 0 radical (unpaired) electrons. The van der Waals surface area contributed by atoms with Crippen molar-refractivity contribution in [3.8, 4) is 0 Å². The van der Waals surface area contributed by atoms with Gasteiger partial charge in [0.1, 0.15) is 0 Å². The van der Waals surface area contributed by atoms with Crippen molar-refractivity contribution in [1.82, 2.24) is 25.3 Å². The van der Waals surface area contributed by atoms with Crippen LogP contribution in [-0.2, 0) is 13.5 Å². The van der Waals surface area contributed by atoms with E-state index >= 15 is 0 Å². The summed E-state index contributed by atoms with van der Waals surface area (Å²) in [6.45, 7) is 17.4. The van der Waals surface area contributed by atoms with Gasteiger partial charge in [0.05, 0.1) is 12.2 Å². The maximum atomic E-state index is 4.88. The van der Waals surface area contributed by atoms with Crippen molar-refractivity contribution in [1.29, 1.82) is 0 Å². The molecule has 6 heteroatoms. The Morgan fingerprint density at radius 1 is 1.33 bits per heavy atom. The van der Waals surface area contributed by atoms with Gasteiger partial charge in [-0.25, -0.2) is 0 Å². The van der Waals surface area contributed by atoms with Crippen LogP contribution < -0.4 is 10.6 Å². The second-order valence-corrected chi connectivity index (χ2v) is 8.33. The average Bonchev–Trinajstić information content (AvgIpc) is 2.85. The molecule has 1 saturated heterocycles. The molecule has 1 aliphatic heterocycles. The fourth-order valence-electron chi connectivity index (χ4n) is 3.99. The molecule has 0 aromatic carbocycles. The molecule has 0 amide bonds. The third kappa shape index (κ3) is 6.23. The fraction of sp³-hybridized carbons (Fsp3) is 0.810. The van der Waals surface area contributed by atoms with Gasteiger partial charge in [-0.1, -0.05) is 6.92 Å². The minimum Gasteiger partial charge on any atom is -0.357 e. The van der Waals surface area contributed by atoms with E-state index in [1.54, 1.807) is 0 Å². The van der Waals surface area contributed by atoms with Crippen LogP contribution in [0.15, 0.2) is 4.99 Å². The average molecular weight is 377 g/mol.